The lowest BCUT2D eigenvalue weighted by Gasteiger charge is -2.03. The lowest BCUT2D eigenvalue weighted by atomic mass is 10.3. The molecule has 1 aromatic carbocycles. The van der Waals surface area contributed by atoms with Gasteiger partial charge in [-0.15, -0.1) is 16.7 Å². The molecule has 0 aliphatic carbocycles. The third-order valence-corrected chi connectivity index (χ3v) is 3.40. The molecule has 0 unspecified atom stereocenters. The lowest BCUT2D eigenvalue weighted by molar-refractivity contribution is 0.795. The first-order valence-electron chi connectivity index (χ1n) is 4.63. The zero-order valence-electron chi connectivity index (χ0n) is 8.20. The van der Waals surface area contributed by atoms with Crippen LogP contribution < -0.4 is 0 Å². The monoisotopic (exact) mass is 363 g/mol. The Balaban J connectivity index is 2.38. The first-order valence-corrected chi connectivity index (χ1v) is 6.75. The van der Waals surface area contributed by atoms with E-state index in [1.807, 2.05) is 24.4 Å². The Bertz CT molecular complexity index is 499. The van der Waals surface area contributed by atoms with E-state index < -0.39 is 0 Å². The summed E-state index contributed by atoms with van der Waals surface area (Å²) in [6, 6.07) is 5.90. The molecular weight excluding hydrogens is 357 g/mol. The fourth-order valence-corrected chi connectivity index (χ4v) is 2.26. The molecule has 0 amide bonds. The normalized spacial score (nSPS) is 10.7. The maximum Gasteiger partial charge on any atom is 0.0843 e. The molecule has 0 N–H and O–H groups in total. The lowest BCUT2D eigenvalue weighted by Crippen LogP contribution is -1.96. The minimum absolute atomic E-state index is 0.554. The Kier molecular flexibility index (Phi) is 4.00. The number of rotatable bonds is 3. The van der Waals surface area contributed by atoms with Gasteiger partial charge < -0.3 is 0 Å². The average Bonchev–Trinajstić information content (AvgIpc) is 2.71. The summed E-state index contributed by atoms with van der Waals surface area (Å²) < 4.78 is 3.70. The fourth-order valence-electron chi connectivity index (χ4n) is 1.29. The number of nitrogens with zero attached hydrogens (tertiary/aromatic N) is 3. The Morgan fingerprint density at radius 3 is 2.88 bits per heavy atom. The molecule has 0 atom stereocenters. The van der Waals surface area contributed by atoms with Gasteiger partial charge in [0.05, 0.1) is 17.6 Å². The van der Waals surface area contributed by atoms with Crippen molar-refractivity contribution in [3.63, 3.8) is 0 Å². The molecule has 0 saturated carbocycles. The Morgan fingerprint density at radius 2 is 2.12 bits per heavy atom. The highest BCUT2D eigenvalue weighted by Gasteiger charge is 2.06. The van der Waals surface area contributed by atoms with Crippen LogP contribution in [0.3, 0.4) is 0 Å². The van der Waals surface area contributed by atoms with Gasteiger partial charge >= 0.3 is 0 Å². The van der Waals surface area contributed by atoms with Crippen molar-refractivity contribution < 1.29 is 0 Å². The van der Waals surface area contributed by atoms with E-state index in [0.29, 0.717) is 5.88 Å². The molecule has 0 radical (unpaired) electrons. The second-order valence-electron chi connectivity index (χ2n) is 3.19. The van der Waals surface area contributed by atoms with Crippen LogP contribution in [0.5, 0.6) is 0 Å². The molecule has 6 heteroatoms. The highest BCUT2D eigenvalue weighted by Crippen LogP contribution is 2.24. The number of hydrogen-bond acceptors (Lipinski definition) is 2. The molecule has 2 rings (SSSR count). The molecule has 0 bridgehead atoms. The number of alkyl halides is 1. The van der Waals surface area contributed by atoms with E-state index in [2.05, 4.69) is 42.2 Å². The summed E-state index contributed by atoms with van der Waals surface area (Å²) in [6.45, 7) is 0. The van der Waals surface area contributed by atoms with Crippen molar-refractivity contribution in [2.75, 3.05) is 5.88 Å². The largest absolute Gasteiger partial charge is 0.219 e. The second-order valence-corrected chi connectivity index (χ2v) is 5.34. The third kappa shape index (κ3) is 2.64. The zero-order chi connectivity index (χ0) is 11.5. The third-order valence-electron chi connectivity index (χ3n) is 2.05. The van der Waals surface area contributed by atoms with Crippen LogP contribution in [0, 0.1) is 0 Å². The van der Waals surface area contributed by atoms with Gasteiger partial charge in [0, 0.05) is 21.2 Å². The summed E-state index contributed by atoms with van der Waals surface area (Å²) in [7, 11) is 0. The van der Waals surface area contributed by atoms with Crippen LogP contribution in [0.25, 0.3) is 5.69 Å². The van der Waals surface area contributed by atoms with E-state index in [1.165, 1.54) is 0 Å². The quantitative estimate of drug-likeness (QED) is 0.779. The van der Waals surface area contributed by atoms with Crippen LogP contribution in [0.15, 0.2) is 33.3 Å². The number of aryl methyl sites for hydroxylation is 1. The van der Waals surface area contributed by atoms with E-state index in [1.54, 1.807) is 4.68 Å². The molecule has 16 heavy (non-hydrogen) atoms. The molecule has 0 spiro atoms. The highest BCUT2D eigenvalue weighted by atomic mass is 79.9. The predicted molar refractivity (Wildman–Crippen MR) is 71.2 cm³/mol. The Labute approximate surface area is 115 Å². The van der Waals surface area contributed by atoms with Crippen molar-refractivity contribution in [1.82, 2.24) is 15.0 Å². The van der Waals surface area contributed by atoms with Crippen molar-refractivity contribution in [3.05, 3.63) is 39.0 Å². The SMILES string of the molecule is ClCCc1cn(-c2cc(Br)ccc2Br)nn1. The van der Waals surface area contributed by atoms with Crippen LogP contribution in [0.1, 0.15) is 5.69 Å². The first kappa shape index (κ1) is 12.1. The predicted octanol–water partition coefficient (Wildman–Crippen LogP) is 3.57. The van der Waals surface area contributed by atoms with Gasteiger partial charge in [0.1, 0.15) is 0 Å². The smallest absolute Gasteiger partial charge is 0.0843 e. The molecule has 84 valence electrons. The molecule has 3 nitrogen and oxygen atoms in total. The zero-order valence-corrected chi connectivity index (χ0v) is 12.1. The van der Waals surface area contributed by atoms with Crippen molar-refractivity contribution in [2.45, 2.75) is 6.42 Å². The molecule has 0 saturated heterocycles. The summed E-state index contributed by atoms with van der Waals surface area (Å²) >= 11 is 12.6. The summed E-state index contributed by atoms with van der Waals surface area (Å²) in [6.07, 6.45) is 2.61. The fraction of sp³-hybridized carbons (Fsp3) is 0.200. The maximum absolute atomic E-state index is 5.65. The summed E-state index contributed by atoms with van der Waals surface area (Å²) in [5, 5.41) is 8.11. The van der Waals surface area contributed by atoms with Crippen LogP contribution in [-0.4, -0.2) is 20.9 Å². The topological polar surface area (TPSA) is 30.7 Å². The van der Waals surface area contributed by atoms with Gasteiger partial charge in [-0.2, -0.15) is 0 Å². The van der Waals surface area contributed by atoms with Gasteiger partial charge in [-0.25, -0.2) is 4.68 Å². The van der Waals surface area contributed by atoms with Crippen LogP contribution in [0.4, 0.5) is 0 Å². The molecule has 0 aliphatic rings. The van der Waals surface area contributed by atoms with Gasteiger partial charge in [0.25, 0.3) is 0 Å². The molecular formula is C10H8Br2ClN3. The standard InChI is InChI=1S/C10H8Br2ClN3/c11-7-1-2-9(12)10(5-7)16-6-8(3-4-13)14-15-16/h1-2,5-6H,3-4H2. The highest BCUT2D eigenvalue weighted by molar-refractivity contribution is 9.11. The minimum atomic E-state index is 0.554. The molecule has 2 aromatic rings. The summed E-state index contributed by atoms with van der Waals surface area (Å²) in [5.74, 6) is 0.554. The van der Waals surface area contributed by atoms with E-state index >= 15 is 0 Å². The van der Waals surface area contributed by atoms with E-state index in [0.717, 1.165) is 26.7 Å². The molecule has 0 aliphatic heterocycles. The van der Waals surface area contributed by atoms with Crippen LogP contribution in [-0.2, 0) is 6.42 Å². The van der Waals surface area contributed by atoms with Crippen LogP contribution in [0.2, 0.25) is 0 Å². The molecule has 0 fully saturated rings. The Morgan fingerprint density at radius 1 is 1.31 bits per heavy atom. The maximum atomic E-state index is 5.65. The minimum Gasteiger partial charge on any atom is -0.219 e. The number of benzene rings is 1. The average molecular weight is 365 g/mol. The van der Waals surface area contributed by atoms with Gasteiger partial charge in [0.15, 0.2) is 0 Å². The Hall–Kier alpha value is -0.390. The number of aromatic nitrogens is 3. The van der Waals surface area contributed by atoms with Crippen molar-refractivity contribution in [1.29, 1.82) is 0 Å². The van der Waals surface area contributed by atoms with Gasteiger partial charge in [-0.1, -0.05) is 21.1 Å². The van der Waals surface area contributed by atoms with E-state index in [-0.39, 0.29) is 0 Å². The van der Waals surface area contributed by atoms with Gasteiger partial charge in [-0.05, 0) is 34.1 Å². The van der Waals surface area contributed by atoms with Gasteiger partial charge in [0.2, 0.25) is 0 Å². The van der Waals surface area contributed by atoms with Crippen molar-refractivity contribution in [3.8, 4) is 5.69 Å². The number of halogens is 3. The van der Waals surface area contributed by atoms with E-state index in [4.69, 9.17) is 11.6 Å². The first-order chi connectivity index (χ1) is 7.70. The summed E-state index contributed by atoms with van der Waals surface area (Å²) in [5.41, 5.74) is 1.84. The van der Waals surface area contributed by atoms with E-state index in [9.17, 15) is 0 Å². The molecule has 1 aromatic heterocycles. The van der Waals surface area contributed by atoms with Crippen molar-refractivity contribution in [2.24, 2.45) is 0 Å². The van der Waals surface area contributed by atoms with Crippen LogP contribution >= 0.6 is 43.5 Å². The summed E-state index contributed by atoms with van der Waals surface area (Å²) in [4.78, 5) is 0. The van der Waals surface area contributed by atoms with Crippen molar-refractivity contribution >= 4 is 43.5 Å². The molecule has 1 heterocycles. The number of hydrogen-bond donors (Lipinski definition) is 0. The van der Waals surface area contributed by atoms with Gasteiger partial charge in [-0.3, -0.25) is 0 Å². The second kappa shape index (κ2) is 5.29.